The Balaban J connectivity index is 1.73. The Morgan fingerprint density at radius 2 is 1.42 bits per heavy atom. The van der Waals surface area contributed by atoms with E-state index in [0.717, 1.165) is 16.7 Å². The third kappa shape index (κ3) is 6.30. The zero-order valence-corrected chi connectivity index (χ0v) is 22.9. The van der Waals surface area contributed by atoms with Crippen molar-refractivity contribution >= 4 is 38.9 Å². The van der Waals surface area contributed by atoms with E-state index in [1.54, 1.807) is 79.7 Å². The predicted molar refractivity (Wildman–Crippen MR) is 153 cm³/mol. The number of nitrogens with zero attached hydrogens (tertiary/aromatic N) is 2. The molecule has 1 amide bonds. The molecule has 0 saturated heterocycles. The number of hydrogen-bond donors (Lipinski definition) is 1. The first kappa shape index (κ1) is 27.1. The molecule has 4 rings (SSSR count). The normalized spacial score (nSPS) is 11.7. The van der Waals surface area contributed by atoms with Gasteiger partial charge >= 0.3 is 0 Å². The van der Waals surface area contributed by atoms with Crippen molar-refractivity contribution in [2.24, 2.45) is 5.10 Å². The van der Waals surface area contributed by atoms with Gasteiger partial charge in [-0.1, -0.05) is 83.4 Å². The van der Waals surface area contributed by atoms with Crippen LogP contribution in [0.5, 0.6) is 0 Å². The number of anilines is 1. The van der Waals surface area contributed by atoms with Crippen molar-refractivity contribution in [2.75, 3.05) is 4.31 Å². The first-order valence-electron chi connectivity index (χ1n) is 12.0. The lowest BCUT2D eigenvalue weighted by Gasteiger charge is -2.26. The summed E-state index contributed by atoms with van der Waals surface area (Å²) < 4.78 is 29.1. The van der Waals surface area contributed by atoms with Crippen LogP contribution in [0.4, 0.5) is 5.69 Å². The summed E-state index contributed by atoms with van der Waals surface area (Å²) in [7, 11) is -4.03. The van der Waals surface area contributed by atoms with E-state index in [4.69, 9.17) is 11.6 Å². The Hall–Kier alpha value is -3.94. The highest BCUT2D eigenvalue weighted by Gasteiger charge is 2.28. The van der Waals surface area contributed by atoms with Crippen LogP contribution < -0.4 is 9.73 Å². The average molecular weight is 546 g/mol. The Morgan fingerprint density at radius 1 is 0.842 bits per heavy atom. The van der Waals surface area contributed by atoms with E-state index < -0.39 is 15.9 Å². The zero-order chi connectivity index (χ0) is 27.3. The molecule has 1 N–H and O–H groups in total. The van der Waals surface area contributed by atoms with Crippen LogP contribution in [0.15, 0.2) is 107 Å². The van der Waals surface area contributed by atoms with Gasteiger partial charge in [-0.05, 0) is 68.3 Å². The maximum atomic E-state index is 13.9. The number of para-hydroxylation sites is 1. The smallest absolute Gasteiger partial charge is 0.267 e. The average Bonchev–Trinajstić information content (AvgIpc) is 2.92. The minimum Gasteiger partial charge on any atom is -0.267 e. The van der Waals surface area contributed by atoms with Crippen molar-refractivity contribution in [3.63, 3.8) is 0 Å². The minimum absolute atomic E-state index is 0.00331. The number of benzene rings is 4. The molecule has 0 spiro atoms. The van der Waals surface area contributed by atoms with E-state index in [1.807, 2.05) is 38.1 Å². The molecule has 0 aliphatic rings. The van der Waals surface area contributed by atoms with Crippen LogP contribution in [0.25, 0.3) is 0 Å². The van der Waals surface area contributed by atoms with Gasteiger partial charge in [0.15, 0.2) is 0 Å². The number of carbonyl (C=O) groups excluding carboxylic acids is 1. The molecule has 4 aromatic rings. The Labute approximate surface area is 228 Å². The number of sulfonamides is 1. The van der Waals surface area contributed by atoms with Gasteiger partial charge in [0.2, 0.25) is 0 Å². The minimum atomic E-state index is -4.03. The van der Waals surface area contributed by atoms with E-state index in [2.05, 4.69) is 10.5 Å². The number of amides is 1. The van der Waals surface area contributed by atoms with Crippen molar-refractivity contribution in [1.82, 2.24) is 5.43 Å². The van der Waals surface area contributed by atoms with Crippen molar-refractivity contribution in [1.29, 1.82) is 0 Å². The van der Waals surface area contributed by atoms with Gasteiger partial charge in [-0.3, -0.25) is 9.10 Å². The molecule has 0 aromatic heterocycles. The third-order valence-electron chi connectivity index (χ3n) is 6.06. The second kappa shape index (κ2) is 11.6. The van der Waals surface area contributed by atoms with E-state index in [-0.39, 0.29) is 22.7 Å². The molecule has 0 atom stereocenters. The summed E-state index contributed by atoms with van der Waals surface area (Å²) in [4.78, 5) is 13.4. The quantitative estimate of drug-likeness (QED) is 0.202. The zero-order valence-electron chi connectivity index (χ0n) is 21.4. The summed E-state index contributed by atoms with van der Waals surface area (Å²) in [6.45, 7) is 5.69. The van der Waals surface area contributed by atoms with Crippen molar-refractivity contribution in [3.05, 3.63) is 130 Å². The number of nitrogens with one attached hydrogen (secondary N) is 1. The molecule has 6 nitrogen and oxygen atoms in total. The fraction of sp³-hybridized carbons (Fsp3) is 0.133. The number of carbonyl (C=O) groups is 1. The largest absolute Gasteiger partial charge is 0.273 e. The highest BCUT2D eigenvalue weighted by Crippen LogP contribution is 2.30. The van der Waals surface area contributed by atoms with Gasteiger partial charge in [-0.15, -0.1) is 0 Å². The standard InChI is InChI=1S/C30H28ClN3O3S/c1-21-8-14-25(15-9-21)23(3)32-33-30(35)28-6-4-5-7-29(28)34(20-24-12-16-26(31)17-13-24)38(36,37)27-18-10-22(2)11-19-27/h4-19H,20H2,1-3H3,(H,33,35)/b32-23-. The van der Waals surface area contributed by atoms with Gasteiger partial charge in [0, 0.05) is 5.02 Å². The van der Waals surface area contributed by atoms with E-state index >= 15 is 0 Å². The Morgan fingerprint density at radius 3 is 2.05 bits per heavy atom. The van der Waals surface area contributed by atoms with Crippen molar-refractivity contribution in [2.45, 2.75) is 32.2 Å². The van der Waals surface area contributed by atoms with Gasteiger partial charge in [-0.2, -0.15) is 5.10 Å². The number of aryl methyl sites for hydroxylation is 2. The lowest BCUT2D eigenvalue weighted by molar-refractivity contribution is 0.0955. The van der Waals surface area contributed by atoms with Gasteiger partial charge in [0.05, 0.1) is 28.4 Å². The third-order valence-corrected chi connectivity index (χ3v) is 8.09. The second-order valence-corrected chi connectivity index (χ2v) is 11.3. The van der Waals surface area contributed by atoms with Crippen LogP contribution >= 0.6 is 11.6 Å². The van der Waals surface area contributed by atoms with Gasteiger partial charge < -0.3 is 0 Å². The molecule has 194 valence electrons. The van der Waals surface area contributed by atoms with Crippen LogP contribution in [-0.2, 0) is 16.6 Å². The summed E-state index contributed by atoms with van der Waals surface area (Å²) >= 11 is 6.05. The van der Waals surface area contributed by atoms with E-state index in [9.17, 15) is 13.2 Å². The Kier molecular flexibility index (Phi) is 8.29. The van der Waals surface area contributed by atoms with Crippen LogP contribution in [0.2, 0.25) is 5.02 Å². The topological polar surface area (TPSA) is 78.8 Å². The fourth-order valence-electron chi connectivity index (χ4n) is 3.83. The molecular weight excluding hydrogens is 518 g/mol. The predicted octanol–water partition coefficient (Wildman–Crippen LogP) is 6.51. The molecule has 0 bridgehead atoms. The molecule has 4 aromatic carbocycles. The maximum absolute atomic E-state index is 13.9. The summed E-state index contributed by atoms with van der Waals surface area (Å²) in [5.74, 6) is -0.521. The Bertz CT molecular complexity index is 1560. The van der Waals surface area contributed by atoms with Crippen molar-refractivity contribution < 1.29 is 13.2 Å². The van der Waals surface area contributed by atoms with Crippen LogP contribution in [-0.4, -0.2) is 20.0 Å². The van der Waals surface area contributed by atoms with Crippen molar-refractivity contribution in [3.8, 4) is 0 Å². The summed E-state index contributed by atoms with van der Waals surface area (Å²) in [6.07, 6.45) is 0. The molecular formula is C30H28ClN3O3S. The highest BCUT2D eigenvalue weighted by atomic mass is 35.5. The molecule has 0 radical (unpaired) electrons. The second-order valence-electron chi connectivity index (χ2n) is 8.97. The number of halogens is 1. The molecule has 0 saturated carbocycles. The lowest BCUT2D eigenvalue weighted by atomic mass is 10.1. The van der Waals surface area contributed by atoms with Crippen LogP contribution in [0, 0.1) is 13.8 Å². The monoisotopic (exact) mass is 545 g/mol. The summed E-state index contributed by atoms with van der Waals surface area (Å²) in [5.41, 5.74) is 7.28. The molecule has 0 heterocycles. The van der Waals surface area contributed by atoms with E-state index in [0.29, 0.717) is 16.3 Å². The number of rotatable bonds is 8. The first-order valence-corrected chi connectivity index (χ1v) is 13.8. The number of hydrogen-bond acceptors (Lipinski definition) is 4. The fourth-order valence-corrected chi connectivity index (χ4v) is 5.43. The maximum Gasteiger partial charge on any atom is 0.273 e. The van der Waals surface area contributed by atoms with Crippen LogP contribution in [0.1, 0.15) is 39.5 Å². The molecule has 38 heavy (non-hydrogen) atoms. The molecule has 0 aliphatic carbocycles. The van der Waals surface area contributed by atoms with Gasteiger partial charge in [0.25, 0.3) is 15.9 Å². The van der Waals surface area contributed by atoms with Gasteiger partial charge in [0.1, 0.15) is 0 Å². The molecule has 8 heteroatoms. The lowest BCUT2D eigenvalue weighted by Crippen LogP contribution is -2.33. The van der Waals surface area contributed by atoms with Crippen LogP contribution in [0.3, 0.4) is 0 Å². The van der Waals surface area contributed by atoms with E-state index in [1.165, 1.54) is 4.31 Å². The highest BCUT2D eigenvalue weighted by molar-refractivity contribution is 7.92. The molecule has 0 aliphatic heterocycles. The number of hydrazone groups is 1. The first-order chi connectivity index (χ1) is 18.1. The summed E-state index contributed by atoms with van der Waals surface area (Å²) in [6, 6.07) is 27.9. The molecule has 0 unspecified atom stereocenters. The molecule has 0 fully saturated rings. The summed E-state index contributed by atoms with van der Waals surface area (Å²) in [5, 5.41) is 4.80. The van der Waals surface area contributed by atoms with Gasteiger partial charge in [-0.25, -0.2) is 13.8 Å². The SMILES string of the molecule is C/C(=N/NC(=O)c1ccccc1N(Cc1ccc(Cl)cc1)S(=O)(=O)c1ccc(C)cc1)c1ccc(C)cc1.